The Balaban J connectivity index is 0.00000380. The summed E-state index contributed by atoms with van der Waals surface area (Å²) >= 11 is 0. The summed E-state index contributed by atoms with van der Waals surface area (Å²) in [5.41, 5.74) is 9.94. The van der Waals surface area contributed by atoms with E-state index in [9.17, 15) is 19.8 Å². The lowest BCUT2D eigenvalue weighted by molar-refractivity contribution is -0.150. The number of rotatable bonds is 8. The maximum atomic E-state index is 13.1. The molecular formula is C27H29ClN4O5. The maximum absolute atomic E-state index is 13.1. The van der Waals surface area contributed by atoms with E-state index in [-0.39, 0.29) is 38.0 Å². The van der Waals surface area contributed by atoms with Crippen LogP contribution in [0.1, 0.15) is 11.1 Å². The first-order valence-electron chi connectivity index (χ1n) is 11.5. The smallest absolute Gasteiger partial charge is 0.259 e. The molecule has 0 bridgehead atoms. The number of anilines is 2. The van der Waals surface area contributed by atoms with Crippen LogP contribution in [0.2, 0.25) is 0 Å². The van der Waals surface area contributed by atoms with Crippen LogP contribution in [0.4, 0.5) is 11.4 Å². The number of halogens is 1. The van der Waals surface area contributed by atoms with E-state index in [1.54, 1.807) is 24.3 Å². The van der Waals surface area contributed by atoms with Gasteiger partial charge in [-0.05, 0) is 59.5 Å². The van der Waals surface area contributed by atoms with Crippen molar-refractivity contribution in [3.05, 3.63) is 83.9 Å². The van der Waals surface area contributed by atoms with Crippen LogP contribution in [0.25, 0.3) is 11.1 Å². The Labute approximate surface area is 220 Å². The third-order valence-corrected chi connectivity index (χ3v) is 6.03. The van der Waals surface area contributed by atoms with Gasteiger partial charge in [0.25, 0.3) is 11.8 Å². The van der Waals surface area contributed by atoms with Crippen LogP contribution in [-0.2, 0) is 20.7 Å². The van der Waals surface area contributed by atoms with Crippen molar-refractivity contribution in [2.45, 2.75) is 18.6 Å². The fourth-order valence-electron chi connectivity index (χ4n) is 4.14. The standard InChI is InChI=1S/C27H28N4O5.ClH/c28-25(29)19-5-9-20(10-6-19)30-26(34)23(33)24-27(35)31(14-16-36-24)21-11-7-18(8-12-21)22-4-2-1-3-17(22)13-15-32;/h1-12,23-24,32-33H,13-16H2,(H3,28,29)(H,30,34);1H/t23-,24-;/m1./s1. The molecule has 1 fully saturated rings. The van der Waals surface area contributed by atoms with Crippen LogP contribution in [0.15, 0.2) is 72.8 Å². The van der Waals surface area contributed by atoms with Crippen LogP contribution < -0.4 is 16.0 Å². The highest BCUT2D eigenvalue weighted by atomic mass is 35.5. The van der Waals surface area contributed by atoms with E-state index in [0.717, 1.165) is 16.7 Å². The van der Waals surface area contributed by atoms with E-state index in [4.69, 9.17) is 15.9 Å². The first-order chi connectivity index (χ1) is 17.4. The minimum absolute atomic E-state index is 0. The molecule has 0 unspecified atom stereocenters. The average molecular weight is 525 g/mol. The number of aliphatic hydroxyl groups is 2. The Hall–Kier alpha value is -3.76. The number of carbonyl (C=O) groups is 2. The van der Waals surface area contributed by atoms with Gasteiger partial charge in [0.1, 0.15) is 5.84 Å². The number of amidine groups is 1. The van der Waals surface area contributed by atoms with E-state index in [2.05, 4.69) is 5.32 Å². The van der Waals surface area contributed by atoms with Crippen molar-refractivity contribution in [2.24, 2.45) is 5.73 Å². The molecule has 1 aliphatic rings. The molecule has 9 nitrogen and oxygen atoms in total. The fourth-order valence-corrected chi connectivity index (χ4v) is 4.14. The first-order valence-corrected chi connectivity index (χ1v) is 11.5. The first kappa shape index (κ1) is 27.8. The number of benzene rings is 3. The van der Waals surface area contributed by atoms with Gasteiger partial charge < -0.3 is 30.9 Å². The lowest BCUT2D eigenvalue weighted by atomic mass is 9.97. The van der Waals surface area contributed by atoms with Gasteiger partial charge in [0.15, 0.2) is 12.2 Å². The highest BCUT2D eigenvalue weighted by Crippen LogP contribution is 2.28. The van der Waals surface area contributed by atoms with Crippen molar-refractivity contribution in [1.82, 2.24) is 0 Å². The third-order valence-electron chi connectivity index (χ3n) is 6.03. The van der Waals surface area contributed by atoms with Crippen molar-refractivity contribution in [3.8, 4) is 11.1 Å². The molecule has 0 aromatic heterocycles. The van der Waals surface area contributed by atoms with Gasteiger partial charge in [0.2, 0.25) is 0 Å². The summed E-state index contributed by atoms with van der Waals surface area (Å²) in [6.45, 7) is 0.504. The summed E-state index contributed by atoms with van der Waals surface area (Å²) in [4.78, 5) is 27.2. The topological polar surface area (TPSA) is 149 Å². The zero-order chi connectivity index (χ0) is 25.7. The number of morpholine rings is 1. The van der Waals surface area contributed by atoms with E-state index >= 15 is 0 Å². The molecule has 1 aliphatic heterocycles. The summed E-state index contributed by atoms with van der Waals surface area (Å²) in [5, 5.41) is 29.9. The molecule has 0 saturated carbocycles. The van der Waals surface area contributed by atoms with Crippen LogP contribution in [-0.4, -0.2) is 59.8 Å². The number of amides is 2. The Morgan fingerprint density at radius 3 is 2.43 bits per heavy atom. The summed E-state index contributed by atoms with van der Waals surface area (Å²) in [7, 11) is 0. The van der Waals surface area contributed by atoms with Gasteiger partial charge in [-0.15, -0.1) is 12.4 Å². The normalized spacial score (nSPS) is 16.0. The second kappa shape index (κ2) is 12.5. The molecule has 194 valence electrons. The molecule has 2 atom stereocenters. The molecule has 0 aliphatic carbocycles. The molecular weight excluding hydrogens is 496 g/mol. The van der Waals surface area contributed by atoms with Gasteiger partial charge in [-0.1, -0.05) is 36.4 Å². The maximum Gasteiger partial charge on any atom is 0.259 e. The number of aliphatic hydroxyl groups excluding tert-OH is 2. The quantitative estimate of drug-likeness (QED) is 0.225. The monoisotopic (exact) mass is 524 g/mol. The molecule has 1 heterocycles. The highest BCUT2D eigenvalue weighted by Gasteiger charge is 2.39. The summed E-state index contributed by atoms with van der Waals surface area (Å²) < 4.78 is 5.48. The van der Waals surface area contributed by atoms with Crippen molar-refractivity contribution < 1.29 is 24.5 Å². The van der Waals surface area contributed by atoms with Crippen LogP contribution in [0.3, 0.4) is 0 Å². The number of ether oxygens (including phenoxy) is 1. The number of nitrogens with zero attached hydrogens (tertiary/aromatic N) is 1. The predicted molar refractivity (Wildman–Crippen MR) is 144 cm³/mol. The lowest BCUT2D eigenvalue weighted by Gasteiger charge is -2.34. The molecule has 1 saturated heterocycles. The molecule has 0 radical (unpaired) electrons. The largest absolute Gasteiger partial charge is 0.396 e. The average Bonchev–Trinajstić information content (AvgIpc) is 2.89. The number of hydrogen-bond acceptors (Lipinski definition) is 6. The molecule has 4 rings (SSSR count). The van der Waals surface area contributed by atoms with Crippen molar-refractivity contribution >= 4 is 41.4 Å². The number of nitrogens with one attached hydrogen (secondary N) is 2. The molecule has 6 N–H and O–H groups in total. The van der Waals surface area contributed by atoms with Crippen LogP contribution >= 0.6 is 12.4 Å². The summed E-state index contributed by atoms with van der Waals surface area (Å²) in [6.07, 6.45) is -2.51. The Morgan fingerprint density at radius 1 is 1.11 bits per heavy atom. The zero-order valence-corrected chi connectivity index (χ0v) is 20.8. The summed E-state index contributed by atoms with van der Waals surface area (Å²) in [5.74, 6) is -1.39. The minimum atomic E-state index is -1.71. The van der Waals surface area contributed by atoms with E-state index < -0.39 is 24.0 Å². The second-order valence-corrected chi connectivity index (χ2v) is 8.38. The molecule has 0 spiro atoms. The minimum Gasteiger partial charge on any atom is -0.396 e. The molecule has 3 aromatic rings. The number of carbonyl (C=O) groups excluding carboxylic acids is 2. The number of hydrogen-bond donors (Lipinski definition) is 5. The highest BCUT2D eigenvalue weighted by molar-refractivity contribution is 6.04. The Kier molecular flexibility index (Phi) is 9.37. The Bertz CT molecular complexity index is 1250. The van der Waals surface area contributed by atoms with Gasteiger partial charge in [-0.25, -0.2) is 0 Å². The van der Waals surface area contributed by atoms with Gasteiger partial charge in [0.05, 0.1) is 6.61 Å². The van der Waals surface area contributed by atoms with E-state index in [1.165, 1.54) is 4.90 Å². The Morgan fingerprint density at radius 2 is 1.78 bits per heavy atom. The second-order valence-electron chi connectivity index (χ2n) is 8.38. The van der Waals surface area contributed by atoms with Gasteiger partial charge in [0, 0.05) is 30.1 Å². The van der Waals surface area contributed by atoms with E-state index in [0.29, 0.717) is 23.4 Å². The molecule has 10 heteroatoms. The van der Waals surface area contributed by atoms with Crippen molar-refractivity contribution in [1.29, 1.82) is 5.41 Å². The van der Waals surface area contributed by atoms with Crippen molar-refractivity contribution in [2.75, 3.05) is 30.0 Å². The lowest BCUT2D eigenvalue weighted by Crippen LogP contribution is -2.55. The van der Waals surface area contributed by atoms with Gasteiger partial charge in [-0.3, -0.25) is 15.0 Å². The SMILES string of the molecule is Cl.N=C(N)c1ccc(NC(=O)[C@H](O)[C@H]2OCCN(c3ccc(-c4ccccc4CCO)cc3)C2=O)cc1. The zero-order valence-electron chi connectivity index (χ0n) is 20.0. The predicted octanol–water partition coefficient (Wildman–Crippen LogP) is 2.33. The molecule has 37 heavy (non-hydrogen) atoms. The van der Waals surface area contributed by atoms with Gasteiger partial charge in [-0.2, -0.15) is 0 Å². The summed E-state index contributed by atoms with van der Waals surface area (Å²) in [6, 6.07) is 21.5. The fraction of sp³-hybridized carbons (Fsp3) is 0.222. The van der Waals surface area contributed by atoms with Crippen LogP contribution in [0, 0.1) is 5.41 Å². The molecule has 3 aromatic carbocycles. The third kappa shape index (κ3) is 6.33. The number of nitrogens with two attached hydrogens (primary N) is 1. The number of nitrogen functional groups attached to an aromatic ring is 1. The van der Waals surface area contributed by atoms with Crippen molar-refractivity contribution in [3.63, 3.8) is 0 Å². The van der Waals surface area contributed by atoms with Gasteiger partial charge >= 0.3 is 0 Å². The van der Waals surface area contributed by atoms with E-state index in [1.807, 2.05) is 48.5 Å². The molecule has 2 amide bonds. The van der Waals surface area contributed by atoms with Crippen LogP contribution in [0.5, 0.6) is 0 Å².